The Morgan fingerprint density at radius 2 is 2.11 bits per heavy atom. The Hall–Kier alpha value is -1.71. The van der Waals surface area contributed by atoms with Crippen LogP contribution in [-0.4, -0.2) is 25.6 Å². The van der Waals surface area contributed by atoms with Crippen LogP contribution in [0.3, 0.4) is 0 Å². The molecule has 0 saturated heterocycles. The molecule has 1 rings (SSSR count). The number of para-hydroxylation sites is 2. The van der Waals surface area contributed by atoms with Gasteiger partial charge in [0.05, 0.1) is 12.8 Å². The van der Waals surface area contributed by atoms with Crippen molar-refractivity contribution in [1.82, 2.24) is 5.32 Å². The number of rotatable bonds is 7. The number of anilines is 1. The molecule has 1 unspecified atom stereocenters. The molecule has 0 bridgehead atoms. The topological polar surface area (TPSA) is 50.4 Å². The van der Waals surface area contributed by atoms with Crippen molar-refractivity contribution in [3.05, 3.63) is 24.3 Å². The number of nitrogens with one attached hydrogen (secondary N) is 2. The summed E-state index contributed by atoms with van der Waals surface area (Å²) in [5.74, 6) is 0.867. The highest BCUT2D eigenvalue weighted by Crippen LogP contribution is 2.22. The molecular formula is C14H22N2O2. The van der Waals surface area contributed by atoms with Crippen LogP contribution in [0, 0.1) is 0 Å². The SMILES string of the molecule is CCC(C)NC(=O)CCNc1ccccc1OC. The van der Waals surface area contributed by atoms with Crippen molar-refractivity contribution in [3.63, 3.8) is 0 Å². The summed E-state index contributed by atoms with van der Waals surface area (Å²) in [6.07, 6.45) is 1.41. The molecule has 1 aromatic rings. The van der Waals surface area contributed by atoms with E-state index in [9.17, 15) is 4.79 Å². The van der Waals surface area contributed by atoms with Gasteiger partial charge in [-0.05, 0) is 25.5 Å². The standard InChI is InChI=1S/C14H22N2O2/c1-4-11(2)16-14(17)9-10-15-12-7-5-6-8-13(12)18-3/h5-8,11,15H,4,9-10H2,1-3H3,(H,16,17). The quantitative estimate of drug-likeness (QED) is 0.781. The normalized spacial score (nSPS) is 11.7. The van der Waals surface area contributed by atoms with Crippen molar-refractivity contribution < 1.29 is 9.53 Å². The summed E-state index contributed by atoms with van der Waals surface area (Å²) >= 11 is 0. The van der Waals surface area contributed by atoms with Crippen LogP contribution in [0.1, 0.15) is 26.7 Å². The lowest BCUT2D eigenvalue weighted by molar-refractivity contribution is -0.121. The fraction of sp³-hybridized carbons (Fsp3) is 0.500. The summed E-state index contributed by atoms with van der Waals surface area (Å²) in [6.45, 7) is 4.66. The Balaban J connectivity index is 2.35. The maximum Gasteiger partial charge on any atom is 0.221 e. The van der Waals surface area contributed by atoms with E-state index in [1.807, 2.05) is 31.2 Å². The summed E-state index contributed by atoms with van der Waals surface area (Å²) in [4.78, 5) is 11.6. The van der Waals surface area contributed by atoms with E-state index in [4.69, 9.17) is 4.74 Å². The molecule has 4 heteroatoms. The van der Waals surface area contributed by atoms with Gasteiger partial charge in [0, 0.05) is 19.0 Å². The van der Waals surface area contributed by atoms with Crippen molar-refractivity contribution in [1.29, 1.82) is 0 Å². The first-order chi connectivity index (χ1) is 8.67. The zero-order valence-corrected chi connectivity index (χ0v) is 11.3. The van der Waals surface area contributed by atoms with E-state index >= 15 is 0 Å². The van der Waals surface area contributed by atoms with Gasteiger partial charge in [0.2, 0.25) is 5.91 Å². The lowest BCUT2D eigenvalue weighted by Crippen LogP contribution is -2.32. The number of methoxy groups -OCH3 is 1. The number of carbonyl (C=O) groups is 1. The van der Waals surface area contributed by atoms with Gasteiger partial charge in [-0.3, -0.25) is 4.79 Å². The van der Waals surface area contributed by atoms with Crippen LogP contribution in [0.4, 0.5) is 5.69 Å². The van der Waals surface area contributed by atoms with Crippen LogP contribution in [0.5, 0.6) is 5.75 Å². The monoisotopic (exact) mass is 250 g/mol. The fourth-order valence-corrected chi connectivity index (χ4v) is 1.55. The largest absolute Gasteiger partial charge is 0.495 e. The summed E-state index contributed by atoms with van der Waals surface area (Å²) in [6, 6.07) is 7.92. The van der Waals surface area contributed by atoms with Gasteiger partial charge in [-0.15, -0.1) is 0 Å². The number of hydrogen-bond donors (Lipinski definition) is 2. The lowest BCUT2D eigenvalue weighted by Gasteiger charge is -2.13. The maximum absolute atomic E-state index is 11.6. The molecule has 0 saturated carbocycles. The lowest BCUT2D eigenvalue weighted by atomic mass is 10.2. The molecule has 2 N–H and O–H groups in total. The number of hydrogen-bond acceptors (Lipinski definition) is 3. The molecule has 100 valence electrons. The average Bonchev–Trinajstić information content (AvgIpc) is 2.39. The Labute approximate surface area is 109 Å². The molecule has 0 aliphatic heterocycles. The second-order valence-corrected chi connectivity index (χ2v) is 4.25. The van der Waals surface area contributed by atoms with E-state index in [1.54, 1.807) is 7.11 Å². The Bertz CT molecular complexity index is 380. The molecule has 0 aromatic heterocycles. The number of ether oxygens (including phenoxy) is 1. The van der Waals surface area contributed by atoms with Crippen LogP contribution in [-0.2, 0) is 4.79 Å². The minimum absolute atomic E-state index is 0.0757. The van der Waals surface area contributed by atoms with Crippen LogP contribution >= 0.6 is 0 Å². The number of benzene rings is 1. The van der Waals surface area contributed by atoms with Gasteiger partial charge in [-0.25, -0.2) is 0 Å². The van der Waals surface area contributed by atoms with Gasteiger partial charge in [0.15, 0.2) is 0 Å². The predicted octanol–water partition coefficient (Wildman–Crippen LogP) is 2.41. The van der Waals surface area contributed by atoms with Crippen molar-refractivity contribution in [3.8, 4) is 5.75 Å². The summed E-state index contributed by atoms with van der Waals surface area (Å²) in [7, 11) is 1.64. The molecule has 0 heterocycles. The molecule has 0 aliphatic carbocycles. The van der Waals surface area contributed by atoms with Gasteiger partial charge < -0.3 is 15.4 Å². The van der Waals surface area contributed by atoms with Crippen molar-refractivity contribution in [2.45, 2.75) is 32.7 Å². The molecule has 0 aliphatic rings. The van der Waals surface area contributed by atoms with E-state index in [-0.39, 0.29) is 11.9 Å². The van der Waals surface area contributed by atoms with Crippen molar-refractivity contribution >= 4 is 11.6 Å². The highest BCUT2D eigenvalue weighted by molar-refractivity contribution is 5.76. The van der Waals surface area contributed by atoms with Crippen molar-refractivity contribution in [2.75, 3.05) is 19.0 Å². The Morgan fingerprint density at radius 1 is 1.39 bits per heavy atom. The molecule has 0 radical (unpaired) electrons. The molecule has 1 amide bonds. The minimum Gasteiger partial charge on any atom is -0.495 e. The second-order valence-electron chi connectivity index (χ2n) is 4.25. The van der Waals surface area contributed by atoms with Gasteiger partial charge >= 0.3 is 0 Å². The highest BCUT2D eigenvalue weighted by Gasteiger charge is 2.06. The average molecular weight is 250 g/mol. The minimum atomic E-state index is 0.0757. The third kappa shape index (κ3) is 4.65. The van der Waals surface area contributed by atoms with Gasteiger partial charge in [-0.2, -0.15) is 0 Å². The summed E-state index contributed by atoms with van der Waals surface area (Å²) in [5.41, 5.74) is 0.913. The first-order valence-electron chi connectivity index (χ1n) is 6.33. The third-order valence-electron chi connectivity index (χ3n) is 2.79. The second kappa shape index (κ2) is 7.58. The van der Waals surface area contributed by atoms with Crippen LogP contribution in [0.15, 0.2) is 24.3 Å². The predicted molar refractivity (Wildman–Crippen MR) is 74.0 cm³/mol. The fourth-order valence-electron chi connectivity index (χ4n) is 1.55. The first kappa shape index (κ1) is 14.4. The summed E-state index contributed by atoms with van der Waals surface area (Å²) in [5, 5.41) is 6.13. The van der Waals surface area contributed by atoms with E-state index in [1.165, 1.54) is 0 Å². The first-order valence-corrected chi connectivity index (χ1v) is 6.33. The van der Waals surface area contributed by atoms with Gasteiger partial charge in [-0.1, -0.05) is 19.1 Å². The zero-order valence-electron chi connectivity index (χ0n) is 11.3. The summed E-state index contributed by atoms with van der Waals surface area (Å²) < 4.78 is 5.22. The molecule has 0 spiro atoms. The van der Waals surface area contributed by atoms with Gasteiger partial charge in [0.25, 0.3) is 0 Å². The molecule has 1 aromatic carbocycles. The Morgan fingerprint density at radius 3 is 2.78 bits per heavy atom. The zero-order chi connectivity index (χ0) is 13.4. The number of amides is 1. The molecular weight excluding hydrogens is 228 g/mol. The molecule has 18 heavy (non-hydrogen) atoms. The molecule has 4 nitrogen and oxygen atoms in total. The third-order valence-corrected chi connectivity index (χ3v) is 2.79. The Kier molecular flexibility index (Phi) is 6.05. The smallest absolute Gasteiger partial charge is 0.221 e. The van der Waals surface area contributed by atoms with E-state index in [0.717, 1.165) is 17.9 Å². The van der Waals surface area contributed by atoms with E-state index in [2.05, 4.69) is 17.6 Å². The maximum atomic E-state index is 11.6. The van der Waals surface area contributed by atoms with Crippen LogP contribution < -0.4 is 15.4 Å². The molecule has 1 atom stereocenters. The molecule has 0 fully saturated rings. The highest BCUT2D eigenvalue weighted by atomic mass is 16.5. The van der Waals surface area contributed by atoms with E-state index < -0.39 is 0 Å². The van der Waals surface area contributed by atoms with Gasteiger partial charge in [0.1, 0.15) is 5.75 Å². The van der Waals surface area contributed by atoms with E-state index in [0.29, 0.717) is 13.0 Å². The number of carbonyl (C=O) groups excluding carboxylic acids is 1. The van der Waals surface area contributed by atoms with Crippen molar-refractivity contribution in [2.24, 2.45) is 0 Å². The van der Waals surface area contributed by atoms with Crippen LogP contribution in [0.25, 0.3) is 0 Å². The van der Waals surface area contributed by atoms with Crippen LogP contribution in [0.2, 0.25) is 0 Å².